The molecule has 0 radical (unpaired) electrons. The number of carbonyl (C=O) groups is 2. The van der Waals surface area contributed by atoms with Crippen molar-refractivity contribution in [3.63, 3.8) is 0 Å². The zero-order valence-electron chi connectivity index (χ0n) is 19.3. The molecule has 0 saturated carbocycles. The van der Waals surface area contributed by atoms with Crippen LogP contribution in [-0.4, -0.2) is 68.8 Å². The predicted octanol–water partition coefficient (Wildman–Crippen LogP) is 4.00. The summed E-state index contributed by atoms with van der Waals surface area (Å²) in [4.78, 5) is 31.8. The number of para-hydroxylation sites is 1. The first kappa shape index (κ1) is 26.3. The maximum absolute atomic E-state index is 9.10. The number of rotatable bonds is 8. The van der Waals surface area contributed by atoms with Crippen molar-refractivity contribution in [2.75, 3.05) is 27.2 Å². The van der Waals surface area contributed by atoms with Gasteiger partial charge in [0, 0.05) is 28.7 Å². The molecule has 0 amide bonds. The first-order valence-corrected chi connectivity index (χ1v) is 12.0. The van der Waals surface area contributed by atoms with Crippen LogP contribution in [0.3, 0.4) is 0 Å². The zero-order chi connectivity index (χ0) is 25.4. The van der Waals surface area contributed by atoms with Gasteiger partial charge in [-0.25, -0.2) is 14.6 Å². The number of hydrogen-bond acceptors (Lipinski definition) is 7. The number of thiophene rings is 1. The topological polar surface area (TPSA) is 121 Å². The van der Waals surface area contributed by atoms with Gasteiger partial charge in [-0.15, -0.1) is 11.3 Å². The summed E-state index contributed by atoms with van der Waals surface area (Å²) in [7, 11) is 4.20. The van der Waals surface area contributed by atoms with Gasteiger partial charge in [0.2, 0.25) is 5.28 Å². The van der Waals surface area contributed by atoms with Crippen molar-refractivity contribution < 1.29 is 19.8 Å². The number of hydrogen-bond donors (Lipinski definition) is 3. The van der Waals surface area contributed by atoms with Gasteiger partial charge in [-0.2, -0.15) is 4.98 Å². The van der Waals surface area contributed by atoms with Crippen molar-refractivity contribution >= 4 is 45.9 Å². The van der Waals surface area contributed by atoms with Crippen LogP contribution in [0.4, 0.5) is 0 Å². The van der Waals surface area contributed by atoms with E-state index < -0.39 is 11.9 Å². The third-order valence-electron chi connectivity index (χ3n) is 4.89. The molecule has 0 aliphatic rings. The summed E-state index contributed by atoms with van der Waals surface area (Å²) in [5, 5.41) is 19.6. The number of halogens is 1. The summed E-state index contributed by atoms with van der Waals surface area (Å²) in [6.07, 6.45) is 3.16. The fourth-order valence-corrected chi connectivity index (χ4v) is 4.45. The molecular weight excluding hydrogens is 490 g/mol. The van der Waals surface area contributed by atoms with Crippen LogP contribution in [0.15, 0.2) is 54.7 Å². The Bertz CT molecular complexity index is 1280. The Labute approximate surface area is 211 Å². The molecule has 4 aromatic rings. The minimum absolute atomic E-state index is 0.264. The summed E-state index contributed by atoms with van der Waals surface area (Å²) >= 11 is 8.04. The van der Waals surface area contributed by atoms with Gasteiger partial charge in [-0.3, -0.25) is 0 Å². The number of fused-ring (bicyclic) bond motifs is 1. The van der Waals surface area contributed by atoms with E-state index in [2.05, 4.69) is 64.6 Å². The van der Waals surface area contributed by atoms with Gasteiger partial charge in [0.1, 0.15) is 5.65 Å². The van der Waals surface area contributed by atoms with E-state index in [0.29, 0.717) is 0 Å². The van der Waals surface area contributed by atoms with Gasteiger partial charge in [0.05, 0.1) is 10.6 Å². The monoisotopic (exact) mass is 515 g/mol. The van der Waals surface area contributed by atoms with Crippen molar-refractivity contribution in [3.05, 3.63) is 64.9 Å². The van der Waals surface area contributed by atoms with E-state index in [1.165, 1.54) is 4.88 Å². The van der Waals surface area contributed by atoms with E-state index >= 15 is 0 Å². The summed E-state index contributed by atoms with van der Waals surface area (Å²) in [5.41, 5.74) is 2.76. The lowest BCUT2D eigenvalue weighted by atomic mass is 10.2. The highest BCUT2D eigenvalue weighted by atomic mass is 35.5. The first-order chi connectivity index (χ1) is 16.8. The number of carboxylic acids is 2. The number of carboxylic acid groups (broad SMARTS) is 2. The van der Waals surface area contributed by atoms with Crippen LogP contribution in [0.1, 0.15) is 11.3 Å². The van der Waals surface area contributed by atoms with Crippen LogP contribution in [0.2, 0.25) is 5.28 Å². The maximum Gasteiger partial charge on any atom is 0.414 e. The van der Waals surface area contributed by atoms with Crippen LogP contribution in [0.25, 0.3) is 27.3 Å². The Morgan fingerprint density at radius 2 is 1.77 bits per heavy atom. The van der Waals surface area contributed by atoms with E-state index in [-0.39, 0.29) is 5.28 Å². The van der Waals surface area contributed by atoms with E-state index in [9.17, 15) is 0 Å². The highest BCUT2D eigenvalue weighted by molar-refractivity contribution is 7.15. The lowest BCUT2D eigenvalue weighted by Crippen LogP contribution is -2.20. The minimum atomic E-state index is -1.82. The van der Waals surface area contributed by atoms with Crippen molar-refractivity contribution in [2.45, 2.75) is 13.0 Å². The number of aromatic nitrogens is 3. The van der Waals surface area contributed by atoms with E-state index in [1.54, 1.807) is 11.3 Å². The molecule has 4 rings (SSSR count). The third kappa shape index (κ3) is 7.33. The number of benzene rings is 1. The number of aliphatic carboxylic acids is 2. The molecule has 0 aliphatic heterocycles. The second kappa shape index (κ2) is 12.4. The molecule has 0 unspecified atom stereocenters. The predicted molar refractivity (Wildman–Crippen MR) is 137 cm³/mol. The Balaban J connectivity index is 0.000000509. The van der Waals surface area contributed by atoms with Crippen LogP contribution >= 0.6 is 22.9 Å². The normalized spacial score (nSPS) is 10.9. The molecule has 0 aliphatic carbocycles. The van der Waals surface area contributed by atoms with Gasteiger partial charge < -0.3 is 25.0 Å². The molecule has 184 valence electrons. The molecule has 0 saturated heterocycles. The highest BCUT2D eigenvalue weighted by Gasteiger charge is 2.15. The smallest absolute Gasteiger partial charge is 0.414 e. The maximum atomic E-state index is 9.10. The number of nitrogens with zero attached hydrogens (tertiary/aromatic N) is 4. The lowest BCUT2D eigenvalue weighted by Gasteiger charge is -2.09. The standard InChI is InChI=1S/C22H24ClN5S.C2H2O4/c1-27(2)13-6-12-24-15-17-9-10-19(29-17)20-18-11-14-28(16-7-4-3-5-8-16)21(18)26-22(23)25-20;3-1(4)2(5)6/h3-5,7-11,14,24H,6,12-13,15H2,1-2H3;(H,3,4)(H,5,6). The highest BCUT2D eigenvalue weighted by Crippen LogP contribution is 2.34. The Morgan fingerprint density at radius 1 is 1.06 bits per heavy atom. The number of nitrogens with one attached hydrogen (secondary N) is 1. The van der Waals surface area contributed by atoms with Crippen molar-refractivity contribution in [2.24, 2.45) is 0 Å². The van der Waals surface area contributed by atoms with Crippen LogP contribution in [0.5, 0.6) is 0 Å². The molecule has 3 aromatic heterocycles. The Morgan fingerprint density at radius 3 is 2.43 bits per heavy atom. The van der Waals surface area contributed by atoms with Crippen LogP contribution < -0.4 is 5.32 Å². The second-order valence-electron chi connectivity index (χ2n) is 7.81. The average Bonchev–Trinajstić information content (AvgIpc) is 3.46. The molecule has 0 bridgehead atoms. The Kier molecular flexibility index (Phi) is 9.32. The van der Waals surface area contributed by atoms with Crippen molar-refractivity contribution in [1.29, 1.82) is 0 Å². The van der Waals surface area contributed by atoms with E-state index in [4.69, 9.17) is 31.4 Å². The third-order valence-corrected chi connectivity index (χ3v) is 6.15. The quantitative estimate of drug-likeness (QED) is 0.183. The van der Waals surface area contributed by atoms with Crippen molar-refractivity contribution in [3.8, 4) is 16.3 Å². The van der Waals surface area contributed by atoms with Crippen molar-refractivity contribution in [1.82, 2.24) is 24.8 Å². The second-order valence-corrected chi connectivity index (χ2v) is 9.32. The van der Waals surface area contributed by atoms with E-state index in [1.807, 2.05) is 29.0 Å². The zero-order valence-corrected chi connectivity index (χ0v) is 20.9. The van der Waals surface area contributed by atoms with E-state index in [0.717, 1.165) is 53.3 Å². The van der Waals surface area contributed by atoms with Gasteiger partial charge in [-0.05, 0) is 75.5 Å². The van der Waals surface area contributed by atoms with Gasteiger partial charge >= 0.3 is 11.9 Å². The molecule has 3 N–H and O–H groups in total. The van der Waals surface area contributed by atoms with Gasteiger partial charge in [-0.1, -0.05) is 18.2 Å². The van der Waals surface area contributed by atoms with Gasteiger partial charge in [0.25, 0.3) is 0 Å². The minimum Gasteiger partial charge on any atom is -0.473 e. The molecule has 0 spiro atoms. The SMILES string of the molecule is CN(C)CCCNCc1ccc(-c2nc(Cl)nc3c2ccn3-c2ccccc2)s1.O=C(O)C(=O)O. The summed E-state index contributed by atoms with van der Waals surface area (Å²) in [5.74, 6) is -3.65. The Hall–Kier alpha value is -3.31. The summed E-state index contributed by atoms with van der Waals surface area (Å²) in [6, 6.07) is 16.5. The molecule has 1 aromatic carbocycles. The average molecular weight is 516 g/mol. The lowest BCUT2D eigenvalue weighted by molar-refractivity contribution is -0.159. The molecule has 35 heavy (non-hydrogen) atoms. The van der Waals surface area contributed by atoms with Gasteiger partial charge in [0.15, 0.2) is 0 Å². The molecule has 3 heterocycles. The molecule has 11 heteroatoms. The largest absolute Gasteiger partial charge is 0.473 e. The van der Waals surface area contributed by atoms with Crippen LogP contribution in [-0.2, 0) is 16.1 Å². The first-order valence-electron chi connectivity index (χ1n) is 10.8. The summed E-state index contributed by atoms with van der Waals surface area (Å²) < 4.78 is 2.05. The molecule has 0 fully saturated rings. The fraction of sp³-hybridized carbons (Fsp3) is 0.250. The fourth-order valence-electron chi connectivity index (χ4n) is 3.30. The molecular formula is C24H26ClN5O4S. The molecule has 9 nitrogen and oxygen atoms in total. The summed E-state index contributed by atoms with van der Waals surface area (Å²) in [6.45, 7) is 2.97. The van der Waals surface area contributed by atoms with Crippen LogP contribution in [0, 0.1) is 0 Å². The molecule has 0 atom stereocenters.